The van der Waals surface area contributed by atoms with Crippen molar-refractivity contribution < 1.29 is 4.79 Å². The third-order valence-electron chi connectivity index (χ3n) is 3.15. The lowest BCUT2D eigenvalue weighted by molar-refractivity contribution is -0.122. The van der Waals surface area contributed by atoms with Crippen LogP contribution in [0.2, 0.25) is 0 Å². The average Bonchev–Trinajstić information content (AvgIpc) is 2.93. The Morgan fingerprint density at radius 3 is 2.76 bits per heavy atom. The molecule has 0 aromatic carbocycles. The number of amides is 1. The zero-order chi connectivity index (χ0) is 15.4. The summed E-state index contributed by atoms with van der Waals surface area (Å²) in [4.78, 5) is 25.0. The predicted octanol–water partition coefficient (Wildman–Crippen LogP) is 2.01. The van der Waals surface area contributed by atoms with Crippen molar-refractivity contribution in [3.05, 3.63) is 51.1 Å². The van der Waals surface area contributed by atoms with Crippen LogP contribution >= 0.6 is 11.3 Å². The van der Waals surface area contributed by atoms with Gasteiger partial charge >= 0.3 is 0 Å². The SMILES string of the molecule is CC(C)C(NC(=O)Cn1cc(N)ccc1=O)c1cccs1. The van der Waals surface area contributed by atoms with Crippen LogP contribution in [0.4, 0.5) is 5.69 Å². The summed E-state index contributed by atoms with van der Waals surface area (Å²) in [6.07, 6.45) is 1.48. The Balaban J connectivity index is 2.10. The molecule has 0 aliphatic heterocycles. The van der Waals surface area contributed by atoms with Gasteiger partial charge in [0.2, 0.25) is 5.91 Å². The van der Waals surface area contributed by atoms with E-state index in [9.17, 15) is 9.59 Å². The van der Waals surface area contributed by atoms with Crippen LogP contribution in [0.5, 0.6) is 0 Å². The van der Waals surface area contributed by atoms with E-state index in [4.69, 9.17) is 5.73 Å². The Kier molecular flexibility index (Phi) is 4.80. The van der Waals surface area contributed by atoms with Crippen molar-refractivity contribution in [1.82, 2.24) is 9.88 Å². The lowest BCUT2D eigenvalue weighted by Crippen LogP contribution is -2.36. The van der Waals surface area contributed by atoms with Gasteiger partial charge < -0.3 is 15.6 Å². The van der Waals surface area contributed by atoms with Crippen molar-refractivity contribution in [3.63, 3.8) is 0 Å². The molecule has 3 N–H and O–H groups in total. The second-order valence-corrected chi connectivity index (χ2v) is 6.21. The Hall–Kier alpha value is -2.08. The van der Waals surface area contributed by atoms with Gasteiger partial charge in [0, 0.05) is 22.8 Å². The zero-order valence-corrected chi connectivity index (χ0v) is 12.9. The first-order chi connectivity index (χ1) is 9.97. The standard InChI is InChI=1S/C15H19N3O2S/c1-10(2)15(12-4-3-7-21-12)17-13(19)9-18-8-11(16)5-6-14(18)20/h3-8,10,15H,9,16H2,1-2H3,(H,17,19). The molecule has 2 heterocycles. The van der Waals surface area contributed by atoms with E-state index < -0.39 is 0 Å². The zero-order valence-electron chi connectivity index (χ0n) is 12.1. The number of thiophene rings is 1. The van der Waals surface area contributed by atoms with E-state index in [0.717, 1.165) is 4.88 Å². The molecule has 0 saturated heterocycles. The van der Waals surface area contributed by atoms with Crippen LogP contribution in [-0.2, 0) is 11.3 Å². The number of hydrogen-bond donors (Lipinski definition) is 2. The fourth-order valence-corrected chi connectivity index (χ4v) is 3.03. The fraction of sp³-hybridized carbons (Fsp3) is 0.333. The van der Waals surface area contributed by atoms with E-state index in [1.807, 2.05) is 17.5 Å². The van der Waals surface area contributed by atoms with Gasteiger partial charge in [-0.1, -0.05) is 19.9 Å². The number of nitrogens with one attached hydrogen (secondary N) is 1. The molecule has 0 bridgehead atoms. The second-order valence-electron chi connectivity index (χ2n) is 5.23. The normalized spacial score (nSPS) is 12.3. The largest absolute Gasteiger partial charge is 0.398 e. The van der Waals surface area contributed by atoms with Crippen LogP contribution in [0.1, 0.15) is 24.8 Å². The lowest BCUT2D eigenvalue weighted by Gasteiger charge is -2.21. The third-order valence-corrected chi connectivity index (χ3v) is 4.11. The Bertz CT molecular complexity index is 662. The highest BCUT2D eigenvalue weighted by Gasteiger charge is 2.19. The molecule has 112 valence electrons. The monoisotopic (exact) mass is 305 g/mol. The molecule has 1 unspecified atom stereocenters. The molecule has 0 radical (unpaired) electrons. The van der Waals surface area contributed by atoms with Crippen molar-refractivity contribution in [3.8, 4) is 0 Å². The van der Waals surface area contributed by atoms with Crippen LogP contribution in [0, 0.1) is 5.92 Å². The molecule has 0 fully saturated rings. The fourth-order valence-electron chi connectivity index (χ4n) is 2.08. The topological polar surface area (TPSA) is 77.1 Å². The number of nitrogens with zero attached hydrogens (tertiary/aromatic N) is 1. The highest BCUT2D eigenvalue weighted by Crippen LogP contribution is 2.25. The maximum absolute atomic E-state index is 12.2. The summed E-state index contributed by atoms with van der Waals surface area (Å²) in [6.45, 7) is 4.08. The van der Waals surface area contributed by atoms with E-state index >= 15 is 0 Å². The van der Waals surface area contributed by atoms with Gasteiger partial charge in [0.25, 0.3) is 5.56 Å². The minimum Gasteiger partial charge on any atom is -0.398 e. The van der Waals surface area contributed by atoms with Crippen molar-refractivity contribution in [1.29, 1.82) is 0 Å². The molecule has 5 nitrogen and oxygen atoms in total. The third kappa shape index (κ3) is 3.95. The van der Waals surface area contributed by atoms with Crippen molar-refractivity contribution in [2.75, 3.05) is 5.73 Å². The van der Waals surface area contributed by atoms with Gasteiger partial charge in [-0.3, -0.25) is 9.59 Å². The van der Waals surface area contributed by atoms with Gasteiger partial charge in [-0.2, -0.15) is 0 Å². The lowest BCUT2D eigenvalue weighted by atomic mass is 10.0. The molecule has 2 rings (SSSR count). The molecule has 0 aliphatic carbocycles. The number of hydrogen-bond acceptors (Lipinski definition) is 4. The van der Waals surface area contributed by atoms with Crippen LogP contribution < -0.4 is 16.6 Å². The van der Waals surface area contributed by atoms with E-state index in [1.54, 1.807) is 11.3 Å². The summed E-state index contributed by atoms with van der Waals surface area (Å²) in [5.74, 6) is 0.0694. The van der Waals surface area contributed by atoms with Gasteiger partial charge in [-0.05, 0) is 23.4 Å². The summed E-state index contributed by atoms with van der Waals surface area (Å²) in [5, 5.41) is 4.97. The molecule has 0 spiro atoms. The first-order valence-corrected chi connectivity index (χ1v) is 7.64. The van der Waals surface area contributed by atoms with Crippen molar-refractivity contribution in [2.45, 2.75) is 26.4 Å². The molecule has 0 saturated carbocycles. The van der Waals surface area contributed by atoms with Crippen molar-refractivity contribution >= 4 is 22.9 Å². The summed E-state index contributed by atoms with van der Waals surface area (Å²) < 4.78 is 1.32. The smallest absolute Gasteiger partial charge is 0.251 e. The van der Waals surface area contributed by atoms with Crippen molar-refractivity contribution in [2.24, 2.45) is 5.92 Å². The maximum Gasteiger partial charge on any atom is 0.251 e. The highest BCUT2D eigenvalue weighted by atomic mass is 32.1. The van der Waals surface area contributed by atoms with Crippen LogP contribution in [0.15, 0.2) is 40.6 Å². The number of rotatable bonds is 5. The van der Waals surface area contributed by atoms with E-state index in [-0.39, 0.29) is 30.0 Å². The number of carbonyl (C=O) groups is 1. The molecule has 2 aromatic rings. The summed E-state index contributed by atoms with van der Waals surface area (Å²) in [5.41, 5.74) is 5.86. The van der Waals surface area contributed by atoms with Crippen LogP contribution in [-0.4, -0.2) is 10.5 Å². The van der Waals surface area contributed by atoms with E-state index in [0.29, 0.717) is 5.69 Å². The Labute approximate surface area is 127 Å². The molecule has 1 amide bonds. The number of nitrogen functional groups attached to an aromatic ring is 1. The molecule has 21 heavy (non-hydrogen) atoms. The van der Waals surface area contributed by atoms with Gasteiger partial charge in [0.15, 0.2) is 0 Å². The van der Waals surface area contributed by atoms with Crippen LogP contribution in [0.3, 0.4) is 0 Å². The molecule has 6 heteroatoms. The van der Waals surface area contributed by atoms with Gasteiger partial charge in [0.1, 0.15) is 6.54 Å². The predicted molar refractivity (Wildman–Crippen MR) is 85.2 cm³/mol. The molecular weight excluding hydrogens is 286 g/mol. The summed E-state index contributed by atoms with van der Waals surface area (Å²) in [6, 6.07) is 6.81. The number of pyridine rings is 1. The van der Waals surface area contributed by atoms with Gasteiger partial charge in [-0.15, -0.1) is 11.3 Å². The number of carbonyl (C=O) groups excluding carboxylic acids is 1. The summed E-state index contributed by atoms with van der Waals surface area (Å²) >= 11 is 1.61. The first-order valence-electron chi connectivity index (χ1n) is 6.76. The molecule has 2 aromatic heterocycles. The summed E-state index contributed by atoms with van der Waals surface area (Å²) in [7, 11) is 0. The number of anilines is 1. The number of nitrogens with two attached hydrogens (primary N) is 1. The van der Waals surface area contributed by atoms with Gasteiger partial charge in [-0.25, -0.2) is 0 Å². The molecule has 1 atom stereocenters. The van der Waals surface area contributed by atoms with E-state index in [2.05, 4.69) is 19.2 Å². The maximum atomic E-state index is 12.2. The number of aromatic nitrogens is 1. The molecule has 0 aliphatic rings. The first kappa shape index (κ1) is 15.3. The molecular formula is C15H19N3O2S. The van der Waals surface area contributed by atoms with E-state index in [1.165, 1.54) is 22.9 Å². The second kappa shape index (κ2) is 6.58. The Morgan fingerprint density at radius 2 is 2.14 bits per heavy atom. The van der Waals surface area contributed by atoms with Crippen LogP contribution in [0.25, 0.3) is 0 Å². The minimum absolute atomic E-state index is 0.0293. The van der Waals surface area contributed by atoms with Gasteiger partial charge in [0.05, 0.1) is 6.04 Å². The Morgan fingerprint density at radius 1 is 1.38 bits per heavy atom. The quantitative estimate of drug-likeness (QED) is 0.887. The minimum atomic E-state index is -0.239. The highest BCUT2D eigenvalue weighted by molar-refractivity contribution is 7.10. The average molecular weight is 305 g/mol.